The molecule has 18 heavy (non-hydrogen) atoms. The second-order valence-corrected chi connectivity index (χ2v) is 4.78. The van der Waals surface area contributed by atoms with Crippen molar-refractivity contribution in [1.29, 1.82) is 0 Å². The molecule has 0 aliphatic rings. The molecule has 1 unspecified atom stereocenters. The van der Waals surface area contributed by atoms with Crippen LogP contribution in [0.3, 0.4) is 0 Å². The molecular formula is C15H23NO2. The Morgan fingerprint density at radius 1 is 1.22 bits per heavy atom. The molecule has 0 amide bonds. The van der Waals surface area contributed by atoms with Crippen molar-refractivity contribution in [3.63, 3.8) is 0 Å². The first-order valence-corrected chi connectivity index (χ1v) is 6.56. The predicted molar refractivity (Wildman–Crippen MR) is 74.3 cm³/mol. The molecule has 0 saturated carbocycles. The number of rotatable bonds is 7. The lowest BCUT2D eigenvalue weighted by molar-refractivity contribution is 0.0972. The highest BCUT2D eigenvalue weighted by Crippen LogP contribution is 2.15. The van der Waals surface area contributed by atoms with Gasteiger partial charge in [-0.3, -0.25) is 4.79 Å². The second-order valence-electron chi connectivity index (χ2n) is 4.78. The van der Waals surface area contributed by atoms with Gasteiger partial charge in [-0.25, -0.2) is 0 Å². The summed E-state index contributed by atoms with van der Waals surface area (Å²) in [7, 11) is 0. The van der Waals surface area contributed by atoms with Crippen LogP contribution in [0.15, 0.2) is 24.3 Å². The van der Waals surface area contributed by atoms with Crippen LogP contribution in [0.25, 0.3) is 0 Å². The summed E-state index contributed by atoms with van der Waals surface area (Å²) in [6.45, 7) is 8.92. The molecule has 1 aromatic rings. The van der Waals surface area contributed by atoms with Crippen LogP contribution in [0.1, 0.15) is 44.5 Å². The standard InChI is InChI=1S/C15H23NO2/c1-5-16-12(4)10-15(17)13-6-8-14(9-7-13)18-11(2)3/h6-9,11-12,16H,5,10H2,1-4H3. The summed E-state index contributed by atoms with van der Waals surface area (Å²) >= 11 is 0. The maximum absolute atomic E-state index is 12.0. The summed E-state index contributed by atoms with van der Waals surface area (Å²) in [5.41, 5.74) is 0.746. The summed E-state index contributed by atoms with van der Waals surface area (Å²) in [6, 6.07) is 7.59. The lowest BCUT2D eigenvalue weighted by Crippen LogP contribution is -2.28. The van der Waals surface area contributed by atoms with E-state index in [9.17, 15) is 4.79 Å². The van der Waals surface area contributed by atoms with E-state index in [4.69, 9.17) is 4.74 Å². The van der Waals surface area contributed by atoms with Crippen molar-refractivity contribution < 1.29 is 9.53 Å². The number of hydrogen-bond donors (Lipinski definition) is 1. The van der Waals surface area contributed by atoms with Gasteiger partial charge in [-0.2, -0.15) is 0 Å². The highest BCUT2D eigenvalue weighted by Gasteiger charge is 2.10. The van der Waals surface area contributed by atoms with E-state index in [0.29, 0.717) is 6.42 Å². The van der Waals surface area contributed by atoms with E-state index in [0.717, 1.165) is 17.9 Å². The molecule has 0 radical (unpaired) electrons. The maximum atomic E-state index is 12.0. The molecule has 0 aromatic heterocycles. The molecule has 1 rings (SSSR count). The smallest absolute Gasteiger partial charge is 0.164 e. The number of benzene rings is 1. The minimum Gasteiger partial charge on any atom is -0.491 e. The van der Waals surface area contributed by atoms with Crippen molar-refractivity contribution in [2.24, 2.45) is 0 Å². The van der Waals surface area contributed by atoms with E-state index in [2.05, 4.69) is 5.32 Å². The van der Waals surface area contributed by atoms with Crippen LogP contribution in [-0.2, 0) is 0 Å². The van der Waals surface area contributed by atoms with Crippen molar-refractivity contribution in [3.05, 3.63) is 29.8 Å². The average Bonchev–Trinajstić information content (AvgIpc) is 2.29. The van der Waals surface area contributed by atoms with Gasteiger partial charge in [-0.15, -0.1) is 0 Å². The minimum atomic E-state index is 0.153. The first-order chi connectivity index (χ1) is 8.52. The van der Waals surface area contributed by atoms with Gasteiger partial charge in [-0.1, -0.05) is 6.92 Å². The van der Waals surface area contributed by atoms with Gasteiger partial charge in [0.05, 0.1) is 6.10 Å². The van der Waals surface area contributed by atoms with Crippen LogP contribution in [0.4, 0.5) is 0 Å². The third-order valence-corrected chi connectivity index (χ3v) is 2.59. The maximum Gasteiger partial charge on any atom is 0.164 e. The van der Waals surface area contributed by atoms with Gasteiger partial charge in [0.15, 0.2) is 5.78 Å². The Labute approximate surface area is 110 Å². The van der Waals surface area contributed by atoms with Crippen molar-refractivity contribution in [2.75, 3.05) is 6.54 Å². The molecule has 0 heterocycles. The van der Waals surface area contributed by atoms with Crippen molar-refractivity contribution in [1.82, 2.24) is 5.32 Å². The number of hydrogen-bond acceptors (Lipinski definition) is 3. The number of Topliss-reactive ketones (excluding diaryl/α,β-unsaturated/α-hetero) is 1. The highest BCUT2D eigenvalue weighted by atomic mass is 16.5. The zero-order chi connectivity index (χ0) is 13.5. The fourth-order valence-corrected chi connectivity index (χ4v) is 1.81. The molecule has 0 bridgehead atoms. The zero-order valence-corrected chi connectivity index (χ0v) is 11.7. The van der Waals surface area contributed by atoms with Gasteiger partial charge in [-0.05, 0) is 51.6 Å². The Morgan fingerprint density at radius 3 is 2.33 bits per heavy atom. The summed E-state index contributed by atoms with van der Waals surface area (Å²) in [6.07, 6.45) is 0.679. The van der Waals surface area contributed by atoms with Gasteiger partial charge in [0, 0.05) is 18.0 Å². The minimum absolute atomic E-state index is 0.153. The van der Waals surface area contributed by atoms with Gasteiger partial charge in [0.25, 0.3) is 0 Å². The normalized spacial score (nSPS) is 12.5. The monoisotopic (exact) mass is 249 g/mol. The van der Waals surface area contributed by atoms with Gasteiger partial charge in [0.1, 0.15) is 5.75 Å². The average molecular weight is 249 g/mol. The number of ketones is 1. The molecule has 3 nitrogen and oxygen atoms in total. The third-order valence-electron chi connectivity index (χ3n) is 2.59. The SMILES string of the molecule is CCNC(C)CC(=O)c1ccc(OC(C)C)cc1. The van der Waals surface area contributed by atoms with Crippen LogP contribution in [-0.4, -0.2) is 24.5 Å². The van der Waals surface area contributed by atoms with Crippen molar-refractivity contribution >= 4 is 5.78 Å². The summed E-state index contributed by atoms with van der Waals surface area (Å²) in [4.78, 5) is 12.0. The zero-order valence-electron chi connectivity index (χ0n) is 11.7. The number of carbonyl (C=O) groups is 1. The van der Waals surface area contributed by atoms with Crippen LogP contribution in [0.2, 0.25) is 0 Å². The predicted octanol–water partition coefficient (Wildman–Crippen LogP) is 3.04. The van der Waals surface area contributed by atoms with E-state index >= 15 is 0 Å². The van der Waals surface area contributed by atoms with E-state index in [1.54, 1.807) is 0 Å². The molecule has 3 heteroatoms. The summed E-state index contributed by atoms with van der Waals surface area (Å²) < 4.78 is 5.54. The van der Waals surface area contributed by atoms with E-state index in [1.165, 1.54) is 0 Å². The molecule has 0 aliphatic heterocycles. The Balaban J connectivity index is 2.59. The molecule has 0 saturated heterocycles. The lowest BCUT2D eigenvalue weighted by Gasteiger charge is -2.12. The van der Waals surface area contributed by atoms with Gasteiger partial charge in [0.2, 0.25) is 0 Å². The fourth-order valence-electron chi connectivity index (χ4n) is 1.81. The van der Waals surface area contributed by atoms with Crippen LogP contribution >= 0.6 is 0 Å². The molecule has 1 atom stereocenters. The van der Waals surface area contributed by atoms with Gasteiger partial charge >= 0.3 is 0 Å². The summed E-state index contributed by atoms with van der Waals surface area (Å²) in [5, 5.41) is 3.24. The molecule has 1 aromatic carbocycles. The molecule has 1 N–H and O–H groups in total. The Bertz CT molecular complexity index is 371. The van der Waals surface area contributed by atoms with Crippen LogP contribution in [0, 0.1) is 0 Å². The molecule has 0 spiro atoms. The first-order valence-electron chi connectivity index (χ1n) is 6.56. The van der Waals surface area contributed by atoms with Crippen molar-refractivity contribution in [2.45, 2.75) is 46.3 Å². The Hall–Kier alpha value is -1.35. The van der Waals surface area contributed by atoms with E-state index in [-0.39, 0.29) is 17.9 Å². The number of carbonyl (C=O) groups excluding carboxylic acids is 1. The Morgan fingerprint density at radius 2 is 1.83 bits per heavy atom. The van der Waals surface area contributed by atoms with Crippen molar-refractivity contribution in [3.8, 4) is 5.75 Å². The summed E-state index contributed by atoms with van der Waals surface area (Å²) in [5.74, 6) is 0.973. The largest absolute Gasteiger partial charge is 0.491 e. The molecular weight excluding hydrogens is 226 g/mol. The molecule has 0 fully saturated rings. The Kier molecular flexibility index (Phi) is 5.86. The lowest BCUT2D eigenvalue weighted by atomic mass is 10.0. The first kappa shape index (κ1) is 14.7. The molecule has 100 valence electrons. The van der Waals surface area contributed by atoms with Gasteiger partial charge < -0.3 is 10.1 Å². The molecule has 0 aliphatic carbocycles. The third kappa shape index (κ3) is 4.88. The quantitative estimate of drug-likeness (QED) is 0.755. The van der Waals surface area contributed by atoms with Crippen LogP contribution in [0.5, 0.6) is 5.75 Å². The number of ether oxygens (including phenoxy) is 1. The number of nitrogens with one attached hydrogen (secondary N) is 1. The van der Waals surface area contributed by atoms with Crippen LogP contribution < -0.4 is 10.1 Å². The fraction of sp³-hybridized carbons (Fsp3) is 0.533. The van der Waals surface area contributed by atoms with E-state index < -0.39 is 0 Å². The highest BCUT2D eigenvalue weighted by molar-refractivity contribution is 5.96. The van der Waals surface area contributed by atoms with E-state index in [1.807, 2.05) is 52.0 Å². The topological polar surface area (TPSA) is 38.3 Å². The second kappa shape index (κ2) is 7.17.